The average Bonchev–Trinajstić information content (AvgIpc) is 2.76. The molecule has 0 radical (unpaired) electrons. The smallest absolute Gasteiger partial charge is 0.312 e. The molecule has 0 aliphatic carbocycles. The van der Waals surface area contributed by atoms with Crippen LogP contribution in [0.2, 0.25) is 0 Å². The Morgan fingerprint density at radius 3 is 2.81 bits per heavy atom. The summed E-state index contributed by atoms with van der Waals surface area (Å²) in [5, 5.41) is 2.43. The molecule has 1 aromatic carbocycles. The van der Waals surface area contributed by atoms with Crippen molar-refractivity contribution in [2.45, 2.75) is 6.54 Å². The maximum atomic E-state index is 10.5. The fraction of sp³-hybridized carbons (Fsp3) is 0.0909. The van der Waals surface area contributed by atoms with Crippen LogP contribution in [-0.2, 0) is 6.54 Å². The normalized spacial score (nSPS) is 10.0. The van der Waals surface area contributed by atoms with Gasteiger partial charge in [0.15, 0.2) is 0 Å². The molecule has 16 heavy (non-hydrogen) atoms. The van der Waals surface area contributed by atoms with Crippen LogP contribution in [-0.4, -0.2) is 11.0 Å². The minimum absolute atomic E-state index is 0.245. The Bertz CT molecular complexity index is 479. The Hall–Kier alpha value is -2.30. The van der Waals surface area contributed by atoms with E-state index in [0.29, 0.717) is 11.7 Å². The van der Waals surface area contributed by atoms with Crippen molar-refractivity contribution in [2.24, 2.45) is 5.73 Å². The number of benzene rings is 1. The summed E-state index contributed by atoms with van der Waals surface area (Å²) in [5.74, 6) is 1.10. The third-order valence-electron chi connectivity index (χ3n) is 2.01. The van der Waals surface area contributed by atoms with E-state index >= 15 is 0 Å². The molecule has 0 fully saturated rings. The highest BCUT2D eigenvalue weighted by molar-refractivity contribution is 5.71. The molecule has 0 saturated heterocycles. The van der Waals surface area contributed by atoms with Crippen LogP contribution in [0.1, 0.15) is 5.76 Å². The molecule has 0 saturated carbocycles. The Kier molecular flexibility index (Phi) is 2.86. The van der Waals surface area contributed by atoms with Crippen LogP contribution in [0.5, 0.6) is 0 Å². The topological polar surface area (TPSA) is 81.2 Å². The SMILES string of the molecule is NC(=O)NCc1cnc(-c2ccccc2)o1. The number of rotatable bonds is 3. The van der Waals surface area contributed by atoms with Crippen molar-refractivity contribution in [1.82, 2.24) is 10.3 Å². The van der Waals surface area contributed by atoms with E-state index in [4.69, 9.17) is 10.2 Å². The lowest BCUT2D eigenvalue weighted by atomic mass is 10.2. The van der Waals surface area contributed by atoms with E-state index in [1.807, 2.05) is 30.3 Å². The van der Waals surface area contributed by atoms with Gasteiger partial charge < -0.3 is 15.5 Å². The van der Waals surface area contributed by atoms with Crippen LogP contribution in [0.4, 0.5) is 4.79 Å². The van der Waals surface area contributed by atoms with E-state index in [1.165, 1.54) is 0 Å². The highest BCUT2D eigenvalue weighted by Gasteiger charge is 2.05. The van der Waals surface area contributed by atoms with Gasteiger partial charge in [-0.1, -0.05) is 18.2 Å². The molecule has 3 N–H and O–H groups in total. The van der Waals surface area contributed by atoms with Crippen LogP contribution in [0.25, 0.3) is 11.5 Å². The van der Waals surface area contributed by atoms with Gasteiger partial charge in [-0.25, -0.2) is 9.78 Å². The van der Waals surface area contributed by atoms with Crippen molar-refractivity contribution in [3.8, 4) is 11.5 Å². The number of primary amides is 1. The van der Waals surface area contributed by atoms with Gasteiger partial charge in [-0.3, -0.25) is 0 Å². The number of hydrogen-bond acceptors (Lipinski definition) is 3. The molecule has 82 valence electrons. The number of oxazole rings is 1. The average molecular weight is 217 g/mol. The van der Waals surface area contributed by atoms with Gasteiger partial charge >= 0.3 is 6.03 Å². The minimum Gasteiger partial charge on any atom is -0.439 e. The molecule has 2 aromatic rings. The first-order valence-corrected chi connectivity index (χ1v) is 4.79. The van der Waals surface area contributed by atoms with E-state index in [1.54, 1.807) is 6.20 Å². The third kappa shape index (κ3) is 2.38. The predicted octanol–water partition coefficient (Wildman–Crippen LogP) is 1.51. The molecule has 1 heterocycles. The van der Waals surface area contributed by atoms with Crippen LogP contribution in [0.15, 0.2) is 40.9 Å². The van der Waals surface area contributed by atoms with Gasteiger partial charge in [0.2, 0.25) is 5.89 Å². The molecule has 5 heteroatoms. The third-order valence-corrected chi connectivity index (χ3v) is 2.01. The number of nitrogens with one attached hydrogen (secondary N) is 1. The second-order valence-electron chi connectivity index (χ2n) is 3.22. The maximum absolute atomic E-state index is 10.5. The quantitative estimate of drug-likeness (QED) is 0.817. The summed E-state index contributed by atoms with van der Waals surface area (Å²) in [4.78, 5) is 14.6. The summed E-state index contributed by atoms with van der Waals surface area (Å²) < 4.78 is 5.44. The summed E-state index contributed by atoms with van der Waals surface area (Å²) in [6.07, 6.45) is 1.57. The summed E-state index contributed by atoms with van der Waals surface area (Å²) in [6, 6.07) is 8.94. The number of urea groups is 1. The number of carbonyl (C=O) groups excluding carboxylic acids is 1. The van der Waals surface area contributed by atoms with Gasteiger partial charge in [0, 0.05) is 5.56 Å². The highest BCUT2D eigenvalue weighted by Crippen LogP contribution is 2.18. The number of hydrogen-bond donors (Lipinski definition) is 2. The first-order chi connectivity index (χ1) is 7.75. The summed E-state index contributed by atoms with van der Waals surface area (Å²) in [5.41, 5.74) is 5.84. The molecular formula is C11H11N3O2. The lowest BCUT2D eigenvalue weighted by molar-refractivity contribution is 0.247. The summed E-state index contributed by atoms with van der Waals surface area (Å²) in [7, 11) is 0. The van der Waals surface area contributed by atoms with Gasteiger partial charge in [0.05, 0.1) is 12.7 Å². The molecule has 0 unspecified atom stereocenters. The zero-order valence-electron chi connectivity index (χ0n) is 8.51. The largest absolute Gasteiger partial charge is 0.439 e. The van der Waals surface area contributed by atoms with Crippen molar-refractivity contribution >= 4 is 6.03 Å². The zero-order valence-corrected chi connectivity index (χ0v) is 8.51. The molecule has 2 rings (SSSR count). The monoisotopic (exact) mass is 217 g/mol. The van der Waals surface area contributed by atoms with Gasteiger partial charge in [-0.05, 0) is 12.1 Å². The minimum atomic E-state index is -0.585. The molecule has 0 bridgehead atoms. The zero-order chi connectivity index (χ0) is 11.4. The van der Waals surface area contributed by atoms with Crippen molar-refractivity contribution in [3.63, 3.8) is 0 Å². The number of amides is 2. The lowest BCUT2D eigenvalue weighted by Crippen LogP contribution is -2.28. The Labute approximate surface area is 92.3 Å². The van der Waals surface area contributed by atoms with E-state index in [2.05, 4.69) is 10.3 Å². The van der Waals surface area contributed by atoms with Gasteiger partial charge in [0.1, 0.15) is 5.76 Å². The van der Waals surface area contributed by atoms with Crippen molar-refractivity contribution < 1.29 is 9.21 Å². The first-order valence-electron chi connectivity index (χ1n) is 4.79. The Morgan fingerprint density at radius 2 is 2.12 bits per heavy atom. The van der Waals surface area contributed by atoms with Gasteiger partial charge in [0.25, 0.3) is 0 Å². The van der Waals surface area contributed by atoms with Crippen LogP contribution < -0.4 is 11.1 Å². The highest BCUT2D eigenvalue weighted by atomic mass is 16.4. The van der Waals surface area contributed by atoms with E-state index in [-0.39, 0.29) is 6.54 Å². The predicted molar refractivity (Wildman–Crippen MR) is 58.4 cm³/mol. The number of nitrogens with zero attached hydrogens (tertiary/aromatic N) is 1. The molecule has 0 aliphatic rings. The van der Waals surface area contributed by atoms with Crippen molar-refractivity contribution in [1.29, 1.82) is 0 Å². The van der Waals surface area contributed by atoms with Crippen LogP contribution >= 0.6 is 0 Å². The molecule has 1 aromatic heterocycles. The Morgan fingerprint density at radius 1 is 1.38 bits per heavy atom. The van der Waals surface area contributed by atoms with E-state index < -0.39 is 6.03 Å². The van der Waals surface area contributed by atoms with E-state index in [9.17, 15) is 4.79 Å². The summed E-state index contributed by atoms with van der Waals surface area (Å²) in [6.45, 7) is 0.245. The standard InChI is InChI=1S/C11H11N3O2/c12-11(15)14-7-9-6-13-10(16-9)8-4-2-1-3-5-8/h1-6H,7H2,(H3,12,14,15). The van der Waals surface area contributed by atoms with Crippen LogP contribution in [0, 0.1) is 0 Å². The van der Waals surface area contributed by atoms with Crippen molar-refractivity contribution in [2.75, 3.05) is 0 Å². The molecule has 2 amide bonds. The second-order valence-corrected chi connectivity index (χ2v) is 3.22. The fourth-order valence-electron chi connectivity index (χ4n) is 1.28. The first kappa shape index (κ1) is 10.2. The molecule has 0 aliphatic heterocycles. The molecule has 5 nitrogen and oxygen atoms in total. The fourth-order valence-corrected chi connectivity index (χ4v) is 1.28. The molecule has 0 spiro atoms. The number of nitrogens with two attached hydrogens (primary N) is 1. The van der Waals surface area contributed by atoms with Gasteiger partial charge in [-0.2, -0.15) is 0 Å². The molecular weight excluding hydrogens is 206 g/mol. The second kappa shape index (κ2) is 4.48. The number of aromatic nitrogens is 1. The van der Waals surface area contributed by atoms with Gasteiger partial charge in [-0.15, -0.1) is 0 Å². The number of carbonyl (C=O) groups is 1. The molecule has 0 atom stereocenters. The van der Waals surface area contributed by atoms with Crippen molar-refractivity contribution in [3.05, 3.63) is 42.3 Å². The summed E-state index contributed by atoms with van der Waals surface area (Å²) >= 11 is 0. The van der Waals surface area contributed by atoms with Crippen LogP contribution in [0.3, 0.4) is 0 Å². The Balaban J connectivity index is 2.11. The lowest BCUT2D eigenvalue weighted by Gasteiger charge is -1.96. The van der Waals surface area contributed by atoms with E-state index in [0.717, 1.165) is 5.56 Å². The maximum Gasteiger partial charge on any atom is 0.312 e.